The van der Waals surface area contributed by atoms with Crippen LogP contribution in [0.4, 0.5) is 0 Å². The van der Waals surface area contributed by atoms with Gasteiger partial charge in [0.1, 0.15) is 24.0 Å². The van der Waals surface area contributed by atoms with Crippen LogP contribution < -0.4 is 10.1 Å². The molecule has 2 aromatic carbocycles. The lowest BCUT2D eigenvalue weighted by atomic mass is 10.1. The topological polar surface area (TPSA) is 62.1 Å². The van der Waals surface area contributed by atoms with Crippen LogP contribution >= 0.6 is 22.6 Å². The van der Waals surface area contributed by atoms with Gasteiger partial charge in [-0.3, -0.25) is 4.79 Å². The number of halogens is 1. The number of nitriles is 1. The number of hydrogen-bond acceptors (Lipinski definition) is 3. The second kappa shape index (κ2) is 9.74. The Morgan fingerprint density at radius 1 is 1.25 bits per heavy atom. The average Bonchev–Trinajstić information content (AvgIpc) is 3.19. The lowest BCUT2D eigenvalue weighted by Crippen LogP contribution is -2.33. The molecule has 4 nitrogen and oxygen atoms in total. The third-order valence-electron chi connectivity index (χ3n) is 4.84. The maximum atomic E-state index is 12.3. The fourth-order valence-electron chi connectivity index (χ4n) is 3.22. The molecule has 0 radical (unpaired) electrons. The molecule has 0 unspecified atom stereocenters. The summed E-state index contributed by atoms with van der Waals surface area (Å²) in [6.07, 6.45) is 5.90. The highest BCUT2D eigenvalue weighted by atomic mass is 127. The van der Waals surface area contributed by atoms with Crippen molar-refractivity contribution in [3.05, 3.63) is 68.3 Å². The van der Waals surface area contributed by atoms with Crippen molar-refractivity contribution >= 4 is 34.6 Å². The van der Waals surface area contributed by atoms with E-state index in [2.05, 4.69) is 59.1 Å². The zero-order valence-corrected chi connectivity index (χ0v) is 18.0. The van der Waals surface area contributed by atoms with Crippen LogP contribution in [0, 0.1) is 21.8 Å². The van der Waals surface area contributed by atoms with Crippen molar-refractivity contribution in [2.75, 3.05) is 0 Å². The molecule has 0 spiro atoms. The maximum absolute atomic E-state index is 12.3. The van der Waals surface area contributed by atoms with Crippen molar-refractivity contribution in [2.24, 2.45) is 0 Å². The first-order valence-corrected chi connectivity index (χ1v) is 10.5. The number of amides is 1. The van der Waals surface area contributed by atoms with E-state index >= 15 is 0 Å². The summed E-state index contributed by atoms with van der Waals surface area (Å²) >= 11 is 2.21. The van der Waals surface area contributed by atoms with Crippen LogP contribution in [0.25, 0.3) is 6.08 Å². The number of hydrogen-bond donors (Lipinski definition) is 1. The second-order valence-electron chi connectivity index (χ2n) is 7.09. The van der Waals surface area contributed by atoms with Crippen LogP contribution in [0.3, 0.4) is 0 Å². The molecular formula is C23H23IN2O2. The van der Waals surface area contributed by atoms with Crippen molar-refractivity contribution in [3.63, 3.8) is 0 Å². The Kier molecular flexibility index (Phi) is 7.10. The second-order valence-corrected chi connectivity index (χ2v) is 8.25. The summed E-state index contributed by atoms with van der Waals surface area (Å²) in [5.74, 6) is 0.497. The lowest BCUT2D eigenvalue weighted by molar-refractivity contribution is -0.117. The molecule has 1 fully saturated rings. The number of rotatable bonds is 6. The van der Waals surface area contributed by atoms with Crippen molar-refractivity contribution in [1.82, 2.24) is 5.32 Å². The summed E-state index contributed by atoms with van der Waals surface area (Å²) in [6.45, 7) is 2.56. The van der Waals surface area contributed by atoms with E-state index in [1.54, 1.807) is 6.08 Å². The summed E-state index contributed by atoms with van der Waals surface area (Å²) in [5, 5.41) is 12.3. The molecule has 0 aromatic heterocycles. The standard InChI is InChI=1S/C23H23IN2O2/c1-16-6-8-17(9-7-16)15-28-22-11-10-18(13-21(22)24)12-19(14-25)23(27)26-20-4-2-3-5-20/h6-13,20H,2-5,15H2,1H3,(H,26,27)/b19-12-. The predicted molar refractivity (Wildman–Crippen MR) is 119 cm³/mol. The fourth-order valence-corrected chi connectivity index (χ4v) is 3.91. The smallest absolute Gasteiger partial charge is 0.262 e. The zero-order chi connectivity index (χ0) is 19.9. The number of ether oxygens (including phenoxy) is 1. The Morgan fingerprint density at radius 3 is 2.61 bits per heavy atom. The third kappa shape index (κ3) is 5.59. The number of benzene rings is 2. The van der Waals surface area contributed by atoms with Crippen molar-refractivity contribution < 1.29 is 9.53 Å². The Hall–Kier alpha value is -2.33. The molecule has 1 amide bonds. The van der Waals surface area contributed by atoms with Crippen LogP contribution in [0.2, 0.25) is 0 Å². The van der Waals surface area contributed by atoms with E-state index in [1.165, 1.54) is 5.56 Å². The van der Waals surface area contributed by atoms with E-state index in [1.807, 2.05) is 24.3 Å². The first-order chi connectivity index (χ1) is 13.5. The predicted octanol–water partition coefficient (Wildman–Crippen LogP) is 5.14. The van der Waals surface area contributed by atoms with Crippen molar-refractivity contribution in [3.8, 4) is 11.8 Å². The molecule has 0 atom stereocenters. The van der Waals surface area contributed by atoms with Crippen LogP contribution in [-0.4, -0.2) is 11.9 Å². The third-order valence-corrected chi connectivity index (χ3v) is 5.68. The van der Waals surface area contributed by atoms with Gasteiger partial charge in [0.2, 0.25) is 0 Å². The molecule has 144 valence electrons. The molecule has 1 saturated carbocycles. The van der Waals surface area contributed by atoms with Gasteiger partial charge in [-0.25, -0.2) is 0 Å². The molecule has 1 N–H and O–H groups in total. The molecule has 0 heterocycles. The molecule has 0 aliphatic heterocycles. The van der Waals surface area contributed by atoms with E-state index < -0.39 is 0 Å². The van der Waals surface area contributed by atoms with Gasteiger partial charge in [-0.1, -0.05) is 48.7 Å². The van der Waals surface area contributed by atoms with Crippen LogP contribution in [-0.2, 0) is 11.4 Å². The molecule has 3 rings (SSSR count). The van der Waals surface area contributed by atoms with Gasteiger partial charge in [0.25, 0.3) is 5.91 Å². The lowest BCUT2D eigenvalue weighted by Gasteiger charge is -2.11. The summed E-state index contributed by atoms with van der Waals surface area (Å²) in [5.41, 5.74) is 3.28. The van der Waals surface area contributed by atoms with Crippen LogP contribution in [0.1, 0.15) is 42.4 Å². The summed E-state index contributed by atoms with van der Waals surface area (Å²) < 4.78 is 6.85. The van der Waals surface area contributed by atoms with E-state index in [0.29, 0.717) is 6.61 Å². The van der Waals surface area contributed by atoms with E-state index in [4.69, 9.17) is 4.74 Å². The average molecular weight is 486 g/mol. The highest BCUT2D eigenvalue weighted by Crippen LogP contribution is 2.25. The molecule has 28 heavy (non-hydrogen) atoms. The van der Waals surface area contributed by atoms with Gasteiger partial charge >= 0.3 is 0 Å². The number of nitrogens with one attached hydrogen (secondary N) is 1. The Bertz CT molecular complexity index is 907. The van der Waals surface area contributed by atoms with Crippen molar-refractivity contribution in [1.29, 1.82) is 5.26 Å². The van der Waals surface area contributed by atoms with Gasteiger partial charge in [0, 0.05) is 6.04 Å². The van der Waals surface area contributed by atoms with Crippen LogP contribution in [0.15, 0.2) is 48.0 Å². The Morgan fingerprint density at radius 2 is 1.96 bits per heavy atom. The Labute approximate surface area is 179 Å². The molecular weight excluding hydrogens is 463 g/mol. The van der Waals surface area contributed by atoms with Gasteiger partial charge in [-0.2, -0.15) is 5.26 Å². The largest absolute Gasteiger partial charge is 0.488 e. The molecule has 5 heteroatoms. The van der Waals surface area contributed by atoms with Crippen molar-refractivity contribution in [2.45, 2.75) is 45.3 Å². The molecule has 0 bridgehead atoms. The Balaban J connectivity index is 1.66. The number of carbonyl (C=O) groups is 1. The zero-order valence-electron chi connectivity index (χ0n) is 15.9. The first-order valence-electron chi connectivity index (χ1n) is 9.45. The van der Waals surface area contributed by atoms with Gasteiger partial charge in [0.05, 0.1) is 3.57 Å². The van der Waals surface area contributed by atoms with Gasteiger partial charge < -0.3 is 10.1 Å². The maximum Gasteiger partial charge on any atom is 0.262 e. The number of aryl methyl sites for hydroxylation is 1. The summed E-state index contributed by atoms with van der Waals surface area (Å²) in [7, 11) is 0. The first kappa shape index (κ1) is 20.4. The molecule has 1 aliphatic carbocycles. The van der Waals surface area contributed by atoms with E-state index in [0.717, 1.165) is 46.1 Å². The minimum absolute atomic E-state index is 0.135. The minimum atomic E-state index is -0.288. The molecule has 1 aliphatic rings. The molecule has 2 aromatic rings. The fraction of sp³-hybridized carbons (Fsp3) is 0.304. The highest BCUT2D eigenvalue weighted by Gasteiger charge is 2.19. The number of nitrogens with zero attached hydrogens (tertiary/aromatic N) is 1. The monoisotopic (exact) mass is 486 g/mol. The summed E-state index contributed by atoms with van der Waals surface area (Å²) in [4.78, 5) is 12.3. The normalized spacial score (nSPS) is 14.5. The SMILES string of the molecule is Cc1ccc(COc2ccc(/C=C(/C#N)C(=O)NC3CCCC3)cc2I)cc1. The minimum Gasteiger partial charge on any atom is -0.488 e. The quantitative estimate of drug-likeness (QED) is 0.349. The van der Waals surface area contributed by atoms with Gasteiger partial charge in [-0.15, -0.1) is 0 Å². The van der Waals surface area contributed by atoms with E-state index in [-0.39, 0.29) is 17.5 Å². The van der Waals surface area contributed by atoms with Crippen LogP contribution in [0.5, 0.6) is 5.75 Å². The summed E-state index contributed by atoms with van der Waals surface area (Å²) in [6, 6.07) is 16.1. The van der Waals surface area contributed by atoms with E-state index in [9.17, 15) is 10.1 Å². The van der Waals surface area contributed by atoms with Gasteiger partial charge in [0.15, 0.2) is 0 Å². The molecule has 0 saturated heterocycles. The number of carbonyl (C=O) groups excluding carboxylic acids is 1. The highest BCUT2D eigenvalue weighted by molar-refractivity contribution is 14.1. The van der Waals surface area contributed by atoms with Gasteiger partial charge in [-0.05, 0) is 71.7 Å².